The number of benzene rings is 9. The summed E-state index contributed by atoms with van der Waals surface area (Å²) in [6.45, 7) is 0. The van der Waals surface area contributed by atoms with Crippen LogP contribution < -0.4 is 0 Å². The van der Waals surface area contributed by atoms with Crippen molar-refractivity contribution in [3.8, 4) is 84.7 Å². The molecule has 0 atom stereocenters. The van der Waals surface area contributed by atoms with Gasteiger partial charge in [-0.05, 0) is 103 Å². The first-order valence-electron chi connectivity index (χ1n) is 21.1. The van der Waals surface area contributed by atoms with E-state index >= 15 is 0 Å². The van der Waals surface area contributed by atoms with Gasteiger partial charge in [0.2, 0.25) is 0 Å². The number of hydrogen-bond donors (Lipinski definition) is 0. The Morgan fingerprint density at radius 1 is 0.302 bits per heavy atom. The lowest BCUT2D eigenvalue weighted by molar-refractivity contribution is 0.769. The monoisotopic (exact) mass is 802 g/mol. The Labute approximate surface area is 367 Å². The molecule has 0 bridgehead atoms. The molecule has 0 fully saturated rings. The van der Waals surface area contributed by atoms with Gasteiger partial charge in [0, 0.05) is 16.7 Å². The van der Waals surface area contributed by atoms with E-state index in [0.717, 1.165) is 50.1 Å². The summed E-state index contributed by atoms with van der Waals surface area (Å²) in [6, 6.07) is 83.2. The van der Waals surface area contributed by atoms with Crippen LogP contribution in [0.3, 0.4) is 0 Å². The van der Waals surface area contributed by atoms with Crippen molar-refractivity contribution in [2.75, 3.05) is 0 Å². The molecule has 1 aliphatic rings. The van der Waals surface area contributed by atoms with Crippen LogP contribution in [0.2, 0.25) is 0 Å². The molecule has 0 saturated carbocycles. The summed E-state index contributed by atoms with van der Waals surface area (Å²) in [4.78, 5) is 15.4. The summed E-state index contributed by atoms with van der Waals surface area (Å²) in [5.74, 6) is 1.82. The van der Waals surface area contributed by atoms with E-state index in [0.29, 0.717) is 23.0 Å². The van der Waals surface area contributed by atoms with E-state index in [2.05, 4.69) is 152 Å². The van der Waals surface area contributed by atoms with E-state index in [4.69, 9.17) is 15.0 Å². The molecule has 10 aromatic rings. The lowest BCUT2D eigenvalue weighted by Crippen LogP contribution is -2.28. The van der Waals surface area contributed by atoms with E-state index < -0.39 is 5.41 Å². The molecule has 9 aromatic carbocycles. The molecule has 1 aliphatic carbocycles. The van der Waals surface area contributed by atoms with Crippen molar-refractivity contribution < 1.29 is 0 Å². The highest BCUT2D eigenvalue weighted by Crippen LogP contribution is 2.56. The third-order valence-electron chi connectivity index (χ3n) is 12.2. The van der Waals surface area contributed by atoms with Crippen LogP contribution >= 0.6 is 0 Å². The summed E-state index contributed by atoms with van der Waals surface area (Å²) < 4.78 is 0. The molecule has 0 saturated heterocycles. The zero-order chi connectivity index (χ0) is 42.2. The molecule has 0 aliphatic heterocycles. The van der Waals surface area contributed by atoms with Crippen LogP contribution in [0.1, 0.15) is 27.8 Å². The zero-order valence-electron chi connectivity index (χ0n) is 34.2. The number of aromatic nitrogens is 3. The topological polar surface area (TPSA) is 62.5 Å². The summed E-state index contributed by atoms with van der Waals surface area (Å²) in [5.41, 5.74) is 16.7. The van der Waals surface area contributed by atoms with Crippen molar-refractivity contribution in [3.05, 3.63) is 258 Å². The predicted molar refractivity (Wildman–Crippen MR) is 254 cm³/mol. The maximum absolute atomic E-state index is 9.37. The minimum atomic E-state index is -0.532. The number of nitriles is 1. The molecule has 11 rings (SSSR count). The second-order valence-corrected chi connectivity index (χ2v) is 15.9. The van der Waals surface area contributed by atoms with Gasteiger partial charge in [0.15, 0.2) is 17.5 Å². The molecule has 0 N–H and O–H groups in total. The molecule has 0 radical (unpaired) electrons. The van der Waals surface area contributed by atoms with Crippen molar-refractivity contribution in [3.63, 3.8) is 0 Å². The Morgan fingerprint density at radius 3 is 1.24 bits per heavy atom. The van der Waals surface area contributed by atoms with E-state index in [1.165, 1.54) is 33.4 Å². The standard InChI is InChI=1S/C59H38N4/c60-39-40-25-27-41(28-26-40)42-29-31-43(32-30-42)47-35-48(37-49(36-47)58-62-56(44-15-5-1-6-16-44)61-57(63-58)45-17-7-2-8-18-45)46-33-34-53-52-23-13-14-24-54(52)59(55(53)38-46,50-19-9-3-10-20-50)51-21-11-4-12-22-51/h1-38H. The third-order valence-corrected chi connectivity index (χ3v) is 12.2. The molecule has 1 aromatic heterocycles. The van der Waals surface area contributed by atoms with E-state index in [9.17, 15) is 5.26 Å². The van der Waals surface area contributed by atoms with Gasteiger partial charge in [0.25, 0.3) is 0 Å². The molecule has 0 amide bonds. The second kappa shape index (κ2) is 15.8. The molecular weight excluding hydrogens is 765 g/mol. The Bertz CT molecular complexity index is 3210. The van der Waals surface area contributed by atoms with E-state index in [1.54, 1.807) is 0 Å². The zero-order valence-corrected chi connectivity index (χ0v) is 34.2. The van der Waals surface area contributed by atoms with Gasteiger partial charge in [-0.15, -0.1) is 0 Å². The SMILES string of the molecule is N#Cc1ccc(-c2ccc(-c3cc(-c4ccc5c(c4)C(c4ccccc4)(c4ccccc4)c4ccccc4-5)cc(-c4nc(-c5ccccc5)nc(-c5ccccc5)n4)c3)cc2)cc1. The van der Waals surface area contributed by atoms with Crippen LogP contribution in [0.15, 0.2) is 231 Å². The van der Waals surface area contributed by atoms with E-state index in [-0.39, 0.29) is 0 Å². The quantitative estimate of drug-likeness (QED) is 0.153. The molecule has 4 nitrogen and oxygen atoms in total. The van der Waals surface area contributed by atoms with Crippen LogP contribution in [0.4, 0.5) is 0 Å². The van der Waals surface area contributed by atoms with Crippen molar-refractivity contribution in [2.45, 2.75) is 5.41 Å². The highest BCUT2D eigenvalue weighted by atomic mass is 15.0. The van der Waals surface area contributed by atoms with Crippen LogP contribution in [0.25, 0.3) is 78.7 Å². The van der Waals surface area contributed by atoms with Gasteiger partial charge in [-0.25, -0.2) is 15.0 Å². The third kappa shape index (κ3) is 6.70. The minimum Gasteiger partial charge on any atom is -0.208 e. The van der Waals surface area contributed by atoms with Crippen molar-refractivity contribution in [1.82, 2.24) is 15.0 Å². The summed E-state index contributed by atoms with van der Waals surface area (Å²) in [7, 11) is 0. The van der Waals surface area contributed by atoms with Gasteiger partial charge in [-0.1, -0.05) is 194 Å². The Kier molecular flexibility index (Phi) is 9.41. The smallest absolute Gasteiger partial charge is 0.164 e. The van der Waals surface area contributed by atoms with Gasteiger partial charge in [-0.2, -0.15) is 5.26 Å². The number of fused-ring (bicyclic) bond motifs is 3. The summed E-state index contributed by atoms with van der Waals surface area (Å²) >= 11 is 0. The minimum absolute atomic E-state index is 0.532. The fourth-order valence-corrected chi connectivity index (χ4v) is 9.24. The van der Waals surface area contributed by atoms with Crippen LogP contribution in [-0.4, -0.2) is 15.0 Å². The number of nitrogens with zero attached hydrogens (tertiary/aromatic N) is 4. The van der Waals surface area contributed by atoms with Crippen LogP contribution in [0.5, 0.6) is 0 Å². The molecule has 0 spiro atoms. The first-order valence-corrected chi connectivity index (χ1v) is 21.1. The van der Waals surface area contributed by atoms with Gasteiger partial charge in [0.05, 0.1) is 17.0 Å². The average Bonchev–Trinajstić information content (AvgIpc) is 3.67. The highest BCUT2D eigenvalue weighted by Gasteiger charge is 2.46. The summed E-state index contributed by atoms with van der Waals surface area (Å²) in [5, 5.41) is 9.37. The number of rotatable bonds is 8. The first-order chi connectivity index (χ1) is 31.2. The maximum atomic E-state index is 9.37. The first kappa shape index (κ1) is 37.5. The molecule has 4 heteroatoms. The fourth-order valence-electron chi connectivity index (χ4n) is 9.24. The van der Waals surface area contributed by atoms with Crippen LogP contribution in [0, 0.1) is 11.3 Å². The highest BCUT2D eigenvalue weighted by molar-refractivity contribution is 5.90. The molecular formula is C59H38N4. The largest absolute Gasteiger partial charge is 0.208 e. The molecule has 0 unspecified atom stereocenters. The van der Waals surface area contributed by atoms with Crippen molar-refractivity contribution in [1.29, 1.82) is 5.26 Å². The average molecular weight is 803 g/mol. The molecule has 1 heterocycles. The van der Waals surface area contributed by atoms with Gasteiger partial charge in [0.1, 0.15) is 0 Å². The molecule has 63 heavy (non-hydrogen) atoms. The maximum Gasteiger partial charge on any atom is 0.164 e. The lowest BCUT2D eigenvalue weighted by Gasteiger charge is -2.34. The Hall–Kier alpha value is -8.52. The normalized spacial score (nSPS) is 12.2. The van der Waals surface area contributed by atoms with Gasteiger partial charge in [-0.3, -0.25) is 0 Å². The lowest BCUT2D eigenvalue weighted by atomic mass is 9.67. The van der Waals surface area contributed by atoms with Gasteiger partial charge < -0.3 is 0 Å². The van der Waals surface area contributed by atoms with Gasteiger partial charge >= 0.3 is 0 Å². The number of hydrogen-bond acceptors (Lipinski definition) is 4. The summed E-state index contributed by atoms with van der Waals surface area (Å²) in [6.07, 6.45) is 0. The van der Waals surface area contributed by atoms with Crippen molar-refractivity contribution in [2.24, 2.45) is 0 Å². The Balaban J connectivity index is 1.13. The van der Waals surface area contributed by atoms with Crippen LogP contribution in [-0.2, 0) is 5.41 Å². The predicted octanol–water partition coefficient (Wildman–Crippen LogP) is 14.1. The van der Waals surface area contributed by atoms with Crippen molar-refractivity contribution >= 4 is 0 Å². The molecule has 294 valence electrons. The Morgan fingerprint density at radius 2 is 0.698 bits per heavy atom. The second-order valence-electron chi connectivity index (χ2n) is 15.9. The fraction of sp³-hybridized carbons (Fsp3) is 0.0169. The van der Waals surface area contributed by atoms with E-state index in [1.807, 2.05) is 84.9 Å².